The number of nitrogens with two attached hydrogens (primary N) is 1. The van der Waals surface area contributed by atoms with Gasteiger partial charge in [0.25, 0.3) is 0 Å². The average Bonchev–Trinajstić information content (AvgIpc) is 2.70. The van der Waals surface area contributed by atoms with Crippen LogP contribution in [0, 0.1) is 6.92 Å². The molecule has 0 saturated carbocycles. The number of pyridine rings is 1. The van der Waals surface area contributed by atoms with Gasteiger partial charge in [0.05, 0.1) is 5.52 Å². The minimum atomic E-state index is 0.698. The lowest BCUT2D eigenvalue weighted by molar-refractivity contribution is 1.28. The minimum Gasteiger partial charge on any atom is -0.399 e. The van der Waals surface area contributed by atoms with Gasteiger partial charge < -0.3 is 10.7 Å². The van der Waals surface area contributed by atoms with Gasteiger partial charge in [-0.05, 0) is 36.8 Å². The largest absolute Gasteiger partial charge is 0.399 e. The molecular formula is C13H11BrN4. The number of nitrogens with zero attached hydrogens (tertiary/aromatic N) is 2. The normalized spacial score (nSPS) is 11.0. The molecule has 5 heteroatoms. The number of hydrogen-bond donors (Lipinski definition) is 2. The fourth-order valence-corrected chi connectivity index (χ4v) is 2.40. The van der Waals surface area contributed by atoms with E-state index in [4.69, 9.17) is 5.73 Å². The van der Waals surface area contributed by atoms with Crippen LogP contribution in [0.1, 0.15) is 5.56 Å². The summed E-state index contributed by atoms with van der Waals surface area (Å²) in [7, 11) is 0. The van der Waals surface area contributed by atoms with Gasteiger partial charge in [0.2, 0.25) is 0 Å². The zero-order chi connectivity index (χ0) is 12.7. The highest BCUT2D eigenvalue weighted by Crippen LogP contribution is 2.25. The van der Waals surface area contributed by atoms with Gasteiger partial charge in [0, 0.05) is 21.9 Å². The van der Waals surface area contributed by atoms with E-state index in [1.165, 1.54) is 0 Å². The number of aromatic nitrogens is 3. The highest BCUT2D eigenvalue weighted by Gasteiger charge is 2.07. The maximum Gasteiger partial charge on any atom is 0.178 e. The van der Waals surface area contributed by atoms with Gasteiger partial charge in [0.15, 0.2) is 5.65 Å². The van der Waals surface area contributed by atoms with Crippen LogP contribution in [0.25, 0.3) is 22.6 Å². The number of imidazole rings is 1. The third-order valence-corrected chi connectivity index (χ3v) is 3.13. The molecule has 0 aliphatic heterocycles. The first-order valence-corrected chi connectivity index (χ1v) is 6.30. The molecule has 90 valence electrons. The van der Waals surface area contributed by atoms with Crippen molar-refractivity contribution in [3.63, 3.8) is 0 Å². The number of halogens is 1. The lowest BCUT2D eigenvalue weighted by atomic mass is 10.2. The first kappa shape index (κ1) is 11.2. The molecule has 2 heterocycles. The lowest BCUT2D eigenvalue weighted by Crippen LogP contribution is -1.87. The van der Waals surface area contributed by atoms with E-state index in [1.807, 2.05) is 37.4 Å². The van der Waals surface area contributed by atoms with E-state index in [0.717, 1.165) is 26.9 Å². The Morgan fingerprint density at radius 3 is 2.83 bits per heavy atom. The summed E-state index contributed by atoms with van der Waals surface area (Å²) in [5, 5.41) is 0. The molecule has 0 spiro atoms. The zero-order valence-electron chi connectivity index (χ0n) is 9.74. The topological polar surface area (TPSA) is 67.6 Å². The average molecular weight is 303 g/mol. The van der Waals surface area contributed by atoms with Crippen LogP contribution in [0.3, 0.4) is 0 Å². The molecule has 2 aromatic heterocycles. The molecule has 0 atom stereocenters. The standard InChI is InChI=1S/C13H11BrN4/c1-7-2-11-13(16-6-7)18-12(17-11)8-3-9(14)5-10(15)4-8/h2-6H,15H2,1H3,(H,16,17,18). The lowest BCUT2D eigenvalue weighted by Gasteiger charge is -2.00. The van der Waals surface area contributed by atoms with Crippen molar-refractivity contribution >= 4 is 32.8 Å². The number of anilines is 1. The van der Waals surface area contributed by atoms with Crippen LogP contribution in [0.4, 0.5) is 5.69 Å². The third kappa shape index (κ3) is 1.97. The monoisotopic (exact) mass is 302 g/mol. The molecular weight excluding hydrogens is 292 g/mol. The number of H-pyrrole nitrogens is 1. The highest BCUT2D eigenvalue weighted by atomic mass is 79.9. The molecule has 3 aromatic rings. The molecule has 4 nitrogen and oxygen atoms in total. The van der Waals surface area contributed by atoms with Crippen molar-refractivity contribution in [2.75, 3.05) is 5.73 Å². The Morgan fingerprint density at radius 1 is 1.22 bits per heavy atom. The molecule has 18 heavy (non-hydrogen) atoms. The molecule has 0 unspecified atom stereocenters. The second-order valence-corrected chi connectivity index (χ2v) is 5.16. The summed E-state index contributed by atoms with van der Waals surface area (Å²) < 4.78 is 0.932. The molecule has 1 aromatic carbocycles. The van der Waals surface area contributed by atoms with Gasteiger partial charge in [-0.2, -0.15) is 0 Å². The van der Waals surface area contributed by atoms with E-state index in [2.05, 4.69) is 30.9 Å². The summed E-state index contributed by atoms with van der Waals surface area (Å²) in [6.07, 6.45) is 1.81. The molecule has 3 rings (SSSR count). The fourth-order valence-electron chi connectivity index (χ4n) is 1.89. The molecule has 0 aliphatic carbocycles. The molecule has 0 amide bonds. The van der Waals surface area contributed by atoms with E-state index >= 15 is 0 Å². The van der Waals surface area contributed by atoms with Gasteiger partial charge in [-0.25, -0.2) is 9.97 Å². The van der Waals surface area contributed by atoms with Crippen LogP contribution in [-0.2, 0) is 0 Å². The Balaban J connectivity index is 2.19. The summed E-state index contributed by atoms with van der Waals surface area (Å²) in [6.45, 7) is 2.00. The smallest absolute Gasteiger partial charge is 0.178 e. The first-order valence-electron chi connectivity index (χ1n) is 5.50. The van der Waals surface area contributed by atoms with E-state index in [9.17, 15) is 0 Å². The first-order chi connectivity index (χ1) is 8.61. The van der Waals surface area contributed by atoms with Crippen LogP contribution in [0.2, 0.25) is 0 Å². The summed E-state index contributed by atoms with van der Waals surface area (Å²) in [6, 6.07) is 7.74. The molecule has 0 radical (unpaired) electrons. The fraction of sp³-hybridized carbons (Fsp3) is 0.0769. The minimum absolute atomic E-state index is 0.698. The van der Waals surface area contributed by atoms with Gasteiger partial charge >= 0.3 is 0 Å². The number of rotatable bonds is 1. The number of hydrogen-bond acceptors (Lipinski definition) is 3. The van der Waals surface area contributed by atoms with E-state index in [0.29, 0.717) is 11.3 Å². The second kappa shape index (κ2) is 4.10. The SMILES string of the molecule is Cc1cnc2nc(-c3cc(N)cc(Br)c3)[nH]c2c1. The van der Waals surface area contributed by atoms with Gasteiger partial charge in [-0.1, -0.05) is 15.9 Å². The Kier molecular flexibility index (Phi) is 2.56. The predicted molar refractivity (Wildman–Crippen MR) is 76.2 cm³/mol. The van der Waals surface area contributed by atoms with Crippen LogP contribution < -0.4 is 5.73 Å². The number of benzene rings is 1. The van der Waals surface area contributed by atoms with Crippen molar-refractivity contribution in [1.29, 1.82) is 0 Å². The Bertz CT molecular complexity index is 713. The van der Waals surface area contributed by atoms with E-state index in [1.54, 1.807) is 0 Å². The maximum atomic E-state index is 5.83. The molecule has 0 saturated heterocycles. The quantitative estimate of drug-likeness (QED) is 0.678. The molecule has 3 N–H and O–H groups in total. The van der Waals surface area contributed by atoms with Gasteiger partial charge in [-0.3, -0.25) is 0 Å². The number of aromatic amines is 1. The number of aryl methyl sites for hydroxylation is 1. The molecule has 0 bridgehead atoms. The number of nitrogens with one attached hydrogen (secondary N) is 1. The zero-order valence-corrected chi connectivity index (χ0v) is 11.3. The third-order valence-electron chi connectivity index (χ3n) is 2.67. The van der Waals surface area contributed by atoms with E-state index < -0.39 is 0 Å². The molecule has 0 fully saturated rings. The summed E-state index contributed by atoms with van der Waals surface area (Å²) in [4.78, 5) is 12.0. The van der Waals surface area contributed by atoms with Crippen molar-refractivity contribution in [3.05, 3.63) is 40.5 Å². The second-order valence-electron chi connectivity index (χ2n) is 4.24. The number of nitrogen functional groups attached to an aromatic ring is 1. The van der Waals surface area contributed by atoms with Crippen LogP contribution in [-0.4, -0.2) is 15.0 Å². The van der Waals surface area contributed by atoms with Crippen LogP contribution in [0.5, 0.6) is 0 Å². The number of fused-ring (bicyclic) bond motifs is 1. The van der Waals surface area contributed by atoms with Crippen molar-refractivity contribution in [2.24, 2.45) is 0 Å². The van der Waals surface area contributed by atoms with Gasteiger partial charge in [0.1, 0.15) is 5.82 Å². The van der Waals surface area contributed by atoms with Crippen molar-refractivity contribution in [3.8, 4) is 11.4 Å². The van der Waals surface area contributed by atoms with Crippen LogP contribution in [0.15, 0.2) is 34.9 Å². The van der Waals surface area contributed by atoms with Crippen molar-refractivity contribution < 1.29 is 0 Å². The maximum absolute atomic E-state index is 5.83. The van der Waals surface area contributed by atoms with E-state index in [-0.39, 0.29) is 0 Å². The Labute approximate surface area is 112 Å². The predicted octanol–water partition coefficient (Wildman–Crippen LogP) is 3.28. The Hall–Kier alpha value is -1.88. The Morgan fingerprint density at radius 2 is 2.06 bits per heavy atom. The van der Waals surface area contributed by atoms with Crippen molar-refractivity contribution in [1.82, 2.24) is 15.0 Å². The van der Waals surface area contributed by atoms with Gasteiger partial charge in [-0.15, -0.1) is 0 Å². The summed E-state index contributed by atoms with van der Waals surface area (Å²) in [5.41, 5.74) is 10.2. The summed E-state index contributed by atoms with van der Waals surface area (Å²) in [5.74, 6) is 0.774. The van der Waals surface area contributed by atoms with Crippen LogP contribution >= 0.6 is 15.9 Å². The van der Waals surface area contributed by atoms with Crippen molar-refractivity contribution in [2.45, 2.75) is 6.92 Å². The summed E-state index contributed by atoms with van der Waals surface area (Å²) >= 11 is 3.43. The highest BCUT2D eigenvalue weighted by molar-refractivity contribution is 9.10. The molecule has 0 aliphatic rings.